The molecule has 2 aliphatic rings. The first-order valence-electron chi connectivity index (χ1n) is 11.2. The Hall–Kier alpha value is -3.79. The summed E-state index contributed by atoms with van der Waals surface area (Å²) in [7, 11) is 1.53. The van der Waals surface area contributed by atoms with Crippen LogP contribution in [0.2, 0.25) is 0 Å². The first kappa shape index (κ1) is 20.8. The van der Waals surface area contributed by atoms with Gasteiger partial charge in [0.1, 0.15) is 5.82 Å². The van der Waals surface area contributed by atoms with Crippen molar-refractivity contribution >= 4 is 33.4 Å². The van der Waals surface area contributed by atoms with Crippen LogP contribution in [0.5, 0.6) is 5.88 Å². The van der Waals surface area contributed by atoms with Gasteiger partial charge in [-0.15, -0.1) is 0 Å². The highest BCUT2D eigenvalue weighted by Gasteiger charge is 2.29. The summed E-state index contributed by atoms with van der Waals surface area (Å²) >= 11 is 0. The molecule has 1 fully saturated rings. The first-order chi connectivity index (χ1) is 16.5. The minimum atomic E-state index is -0.652. The van der Waals surface area contributed by atoms with Crippen molar-refractivity contribution in [3.63, 3.8) is 0 Å². The van der Waals surface area contributed by atoms with Crippen molar-refractivity contribution in [2.75, 3.05) is 31.8 Å². The number of aromatic amines is 1. The first-order valence-corrected chi connectivity index (χ1v) is 11.2. The van der Waals surface area contributed by atoms with E-state index < -0.39 is 11.7 Å². The second-order valence-corrected chi connectivity index (χ2v) is 8.59. The van der Waals surface area contributed by atoms with Gasteiger partial charge in [-0.3, -0.25) is 14.3 Å². The number of amides is 1. The van der Waals surface area contributed by atoms with E-state index in [1.165, 1.54) is 30.3 Å². The number of aromatic nitrogens is 4. The fraction of sp³-hybridized carbons (Fsp3) is 0.333. The predicted molar refractivity (Wildman–Crippen MR) is 123 cm³/mol. The van der Waals surface area contributed by atoms with Crippen LogP contribution in [0.25, 0.3) is 21.8 Å². The lowest BCUT2D eigenvalue weighted by Gasteiger charge is -2.23. The molecule has 0 saturated carbocycles. The van der Waals surface area contributed by atoms with E-state index in [0.29, 0.717) is 59.6 Å². The van der Waals surface area contributed by atoms with Gasteiger partial charge in [0.25, 0.3) is 11.5 Å². The van der Waals surface area contributed by atoms with E-state index in [1.807, 2.05) is 0 Å². The van der Waals surface area contributed by atoms with E-state index in [2.05, 4.69) is 15.1 Å². The summed E-state index contributed by atoms with van der Waals surface area (Å²) < 4.78 is 27.8. The summed E-state index contributed by atoms with van der Waals surface area (Å²) in [5, 5.41) is 5.35. The fourth-order valence-corrected chi connectivity index (χ4v) is 4.96. The van der Waals surface area contributed by atoms with Crippen LogP contribution in [0.15, 0.2) is 35.4 Å². The minimum absolute atomic E-state index is 0.0613. The van der Waals surface area contributed by atoms with Gasteiger partial charge in [0.2, 0.25) is 5.88 Å². The average molecular weight is 463 g/mol. The number of carbonyl (C=O) groups excluding carboxylic acids is 1. The maximum Gasteiger partial charge on any atom is 0.261 e. The zero-order chi connectivity index (χ0) is 23.4. The summed E-state index contributed by atoms with van der Waals surface area (Å²) in [6, 6.07) is 4.59. The van der Waals surface area contributed by atoms with Gasteiger partial charge < -0.3 is 19.4 Å². The summed E-state index contributed by atoms with van der Waals surface area (Å²) in [5.74, 6) is -0.669. The van der Waals surface area contributed by atoms with E-state index in [4.69, 9.17) is 9.47 Å². The largest absolute Gasteiger partial charge is 0.481 e. The molecule has 4 aromatic rings. The second-order valence-electron chi connectivity index (χ2n) is 8.59. The zero-order valence-corrected chi connectivity index (χ0v) is 18.5. The van der Waals surface area contributed by atoms with Crippen molar-refractivity contribution in [2.24, 2.45) is 0 Å². The molecule has 1 N–H and O–H groups in total. The quantitative estimate of drug-likeness (QED) is 0.501. The van der Waals surface area contributed by atoms with Crippen LogP contribution < -0.4 is 15.2 Å². The fourth-order valence-electron chi connectivity index (χ4n) is 4.96. The van der Waals surface area contributed by atoms with Gasteiger partial charge in [0.15, 0.2) is 0 Å². The Morgan fingerprint density at radius 2 is 2.03 bits per heavy atom. The SMILES string of the molecule is COc1cc2c(cn1)N(C(=O)c1cc3[nH]c(=O)c4cnn(C5CCOCC5)c4c3cc1F)CC2. The number of halogens is 1. The van der Waals surface area contributed by atoms with Crippen LogP contribution in [-0.4, -0.2) is 52.5 Å². The van der Waals surface area contributed by atoms with Crippen molar-refractivity contribution in [1.82, 2.24) is 19.7 Å². The number of ether oxygens (including phenoxy) is 2. The Morgan fingerprint density at radius 3 is 2.82 bits per heavy atom. The standard InChI is InChI=1S/C24H22FN5O4/c1-33-21-8-13-2-5-29(20(13)12-26-21)24(32)15-10-19-16(9-18(15)25)22-17(23(31)28-19)11-27-30(22)14-3-6-34-7-4-14/h8-12,14H,2-7H2,1H3,(H,28,31). The van der Waals surface area contributed by atoms with Crippen molar-refractivity contribution < 1.29 is 18.7 Å². The molecule has 0 radical (unpaired) electrons. The van der Waals surface area contributed by atoms with Crippen LogP contribution in [0.3, 0.4) is 0 Å². The molecule has 5 heterocycles. The Kier molecular flexibility index (Phi) is 4.84. The summed E-state index contributed by atoms with van der Waals surface area (Å²) in [6.45, 7) is 1.63. The average Bonchev–Trinajstić information content (AvgIpc) is 3.49. The molecule has 0 unspecified atom stereocenters. The molecule has 0 atom stereocenters. The summed E-state index contributed by atoms with van der Waals surface area (Å²) in [6.07, 6.45) is 5.23. The van der Waals surface area contributed by atoms with Crippen molar-refractivity contribution in [3.8, 4) is 5.88 Å². The normalized spacial score (nSPS) is 16.4. The number of methoxy groups -OCH3 is 1. The molecule has 0 bridgehead atoms. The number of hydrogen-bond donors (Lipinski definition) is 1. The Bertz CT molecular complexity index is 1510. The predicted octanol–water partition coefficient (Wildman–Crippen LogP) is 2.97. The van der Waals surface area contributed by atoms with Gasteiger partial charge in [0.05, 0.1) is 53.2 Å². The molecule has 1 aromatic carbocycles. The lowest BCUT2D eigenvalue weighted by Crippen LogP contribution is -2.29. The van der Waals surface area contributed by atoms with Crippen LogP contribution >= 0.6 is 0 Å². The van der Waals surface area contributed by atoms with Crippen molar-refractivity contribution in [2.45, 2.75) is 25.3 Å². The Labute approximate surface area is 193 Å². The van der Waals surface area contributed by atoms with Gasteiger partial charge in [0, 0.05) is 31.2 Å². The van der Waals surface area contributed by atoms with E-state index >= 15 is 4.39 Å². The van der Waals surface area contributed by atoms with Crippen LogP contribution in [0.1, 0.15) is 34.8 Å². The molecular formula is C24H22FN5O4. The molecule has 1 amide bonds. The number of nitrogens with zero attached hydrogens (tertiary/aromatic N) is 4. The zero-order valence-electron chi connectivity index (χ0n) is 18.5. The lowest BCUT2D eigenvalue weighted by molar-refractivity contribution is 0.0675. The molecule has 34 heavy (non-hydrogen) atoms. The van der Waals surface area contributed by atoms with Crippen LogP contribution in [0, 0.1) is 5.82 Å². The summed E-state index contributed by atoms with van der Waals surface area (Å²) in [4.78, 5) is 34.6. The number of fused-ring (bicyclic) bond motifs is 4. The summed E-state index contributed by atoms with van der Waals surface area (Å²) in [5.41, 5.74) is 2.08. The van der Waals surface area contributed by atoms with E-state index in [0.717, 1.165) is 18.4 Å². The molecule has 0 aliphatic carbocycles. The Morgan fingerprint density at radius 1 is 1.21 bits per heavy atom. The second kappa shape index (κ2) is 7.91. The molecule has 10 heteroatoms. The van der Waals surface area contributed by atoms with Gasteiger partial charge >= 0.3 is 0 Å². The topological polar surface area (TPSA) is 102 Å². The highest BCUT2D eigenvalue weighted by atomic mass is 19.1. The smallest absolute Gasteiger partial charge is 0.261 e. The highest BCUT2D eigenvalue weighted by molar-refractivity contribution is 6.11. The molecule has 0 spiro atoms. The molecule has 9 nitrogen and oxygen atoms in total. The number of H-pyrrole nitrogens is 1. The van der Waals surface area contributed by atoms with Gasteiger partial charge in [-0.05, 0) is 37.0 Å². The molecular weight excluding hydrogens is 441 g/mol. The molecule has 1 saturated heterocycles. The number of hydrogen-bond acceptors (Lipinski definition) is 6. The third-order valence-electron chi connectivity index (χ3n) is 6.71. The molecule has 3 aromatic heterocycles. The number of rotatable bonds is 3. The maximum atomic E-state index is 15.4. The number of nitrogens with one attached hydrogen (secondary N) is 1. The van der Waals surface area contributed by atoms with E-state index in [9.17, 15) is 9.59 Å². The van der Waals surface area contributed by atoms with Gasteiger partial charge in [-0.25, -0.2) is 9.37 Å². The Balaban J connectivity index is 1.45. The number of pyridine rings is 2. The van der Waals surface area contributed by atoms with E-state index in [1.54, 1.807) is 16.9 Å². The third kappa shape index (κ3) is 3.17. The van der Waals surface area contributed by atoms with Gasteiger partial charge in [-0.1, -0.05) is 0 Å². The minimum Gasteiger partial charge on any atom is -0.481 e. The van der Waals surface area contributed by atoms with Crippen LogP contribution in [0.4, 0.5) is 10.1 Å². The number of benzene rings is 1. The maximum absolute atomic E-state index is 15.4. The van der Waals surface area contributed by atoms with Crippen molar-refractivity contribution in [1.29, 1.82) is 0 Å². The van der Waals surface area contributed by atoms with Crippen molar-refractivity contribution in [3.05, 3.63) is 57.9 Å². The highest BCUT2D eigenvalue weighted by Crippen LogP contribution is 2.33. The molecule has 2 aliphatic heterocycles. The van der Waals surface area contributed by atoms with Crippen LogP contribution in [-0.2, 0) is 11.2 Å². The lowest BCUT2D eigenvalue weighted by atomic mass is 10.1. The third-order valence-corrected chi connectivity index (χ3v) is 6.71. The molecule has 6 rings (SSSR count). The van der Waals surface area contributed by atoms with E-state index in [-0.39, 0.29) is 17.2 Å². The van der Waals surface area contributed by atoms with Gasteiger partial charge in [-0.2, -0.15) is 5.10 Å². The number of anilines is 1. The number of carbonyl (C=O) groups is 1. The monoisotopic (exact) mass is 463 g/mol. The molecule has 174 valence electrons.